The molecule has 2 aliphatic rings. The molecule has 0 spiro atoms. The van der Waals surface area contributed by atoms with Crippen molar-refractivity contribution in [3.63, 3.8) is 0 Å². The summed E-state index contributed by atoms with van der Waals surface area (Å²) >= 11 is 0. The van der Waals surface area contributed by atoms with Gasteiger partial charge in [0.25, 0.3) is 5.91 Å². The quantitative estimate of drug-likeness (QED) is 0.486. The van der Waals surface area contributed by atoms with Crippen molar-refractivity contribution >= 4 is 16.8 Å². The molecule has 0 unspecified atom stereocenters. The Labute approximate surface area is 197 Å². The van der Waals surface area contributed by atoms with E-state index in [1.165, 1.54) is 27.7 Å². The number of fused-ring (bicyclic) bond motifs is 3. The van der Waals surface area contributed by atoms with Crippen LogP contribution in [-0.4, -0.2) is 46.5 Å². The molecule has 2 aromatic carbocycles. The first kappa shape index (κ1) is 22.0. The minimum absolute atomic E-state index is 0.186. The van der Waals surface area contributed by atoms with Crippen molar-refractivity contribution in [1.82, 2.24) is 14.4 Å². The highest BCUT2D eigenvalue weighted by molar-refractivity contribution is 5.99. The number of benzene rings is 2. The predicted octanol–water partition coefficient (Wildman–Crippen LogP) is 5.30. The monoisotopic (exact) mass is 441 g/mol. The number of carbonyl (C=O) groups is 1. The average Bonchev–Trinajstić information content (AvgIpc) is 3.16. The zero-order valence-electron chi connectivity index (χ0n) is 19.8. The van der Waals surface area contributed by atoms with Gasteiger partial charge in [-0.3, -0.25) is 9.69 Å². The molecule has 3 aromatic rings. The Bertz CT molecular complexity index is 1140. The Kier molecular flexibility index (Phi) is 6.37. The highest BCUT2D eigenvalue weighted by Gasteiger charge is 2.26. The molecule has 1 saturated heterocycles. The lowest BCUT2D eigenvalue weighted by molar-refractivity contribution is 0.0697. The minimum Gasteiger partial charge on any atom is -0.340 e. The first-order chi connectivity index (χ1) is 16.1. The van der Waals surface area contributed by atoms with Gasteiger partial charge in [0.2, 0.25) is 0 Å². The number of likely N-dealkylation sites (tertiary alicyclic amines) is 1. The number of rotatable bonds is 6. The highest BCUT2D eigenvalue weighted by atomic mass is 16.2. The van der Waals surface area contributed by atoms with Crippen molar-refractivity contribution in [1.29, 1.82) is 0 Å². The van der Waals surface area contributed by atoms with Crippen molar-refractivity contribution in [3.8, 4) is 0 Å². The van der Waals surface area contributed by atoms with Crippen molar-refractivity contribution in [2.75, 3.05) is 26.2 Å². The van der Waals surface area contributed by atoms with E-state index in [4.69, 9.17) is 0 Å². The first-order valence-electron chi connectivity index (χ1n) is 12.4. The third-order valence-electron chi connectivity index (χ3n) is 7.52. The van der Waals surface area contributed by atoms with E-state index in [0.29, 0.717) is 0 Å². The highest BCUT2D eigenvalue weighted by Crippen LogP contribution is 2.32. The Morgan fingerprint density at radius 3 is 2.64 bits per heavy atom. The minimum atomic E-state index is 0.186. The summed E-state index contributed by atoms with van der Waals surface area (Å²) in [6.07, 6.45) is 6.30. The summed E-state index contributed by atoms with van der Waals surface area (Å²) in [4.78, 5) is 17.9. The van der Waals surface area contributed by atoms with Crippen molar-refractivity contribution in [2.45, 2.75) is 45.7 Å². The van der Waals surface area contributed by atoms with Gasteiger partial charge in [0.15, 0.2) is 0 Å². The summed E-state index contributed by atoms with van der Waals surface area (Å²) in [5.74, 6) is 0.907. The summed E-state index contributed by atoms with van der Waals surface area (Å²) < 4.78 is 2.41. The number of nitrogens with zero attached hydrogens (tertiary/aromatic N) is 3. The van der Waals surface area contributed by atoms with E-state index in [0.717, 1.165) is 76.4 Å². The van der Waals surface area contributed by atoms with Crippen LogP contribution < -0.4 is 0 Å². The van der Waals surface area contributed by atoms with E-state index in [2.05, 4.69) is 65.4 Å². The third kappa shape index (κ3) is 4.49. The molecule has 172 valence electrons. The van der Waals surface area contributed by atoms with Crippen LogP contribution >= 0.6 is 0 Å². The van der Waals surface area contributed by atoms with Gasteiger partial charge in [0.05, 0.1) is 0 Å². The van der Waals surface area contributed by atoms with Crippen molar-refractivity contribution < 1.29 is 4.79 Å². The first-order valence-corrected chi connectivity index (χ1v) is 12.4. The summed E-state index contributed by atoms with van der Waals surface area (Å²) in [5.41, 5.74) is 6.26. The Morgan fingerprint density at radius 2 is 1.88 bits per heavy atom. The van der Waals surface area contributed by atoms with Gasteiger partial charge in [-0.05, 0) is 54.5 Å². The zero-order chi connectivity index (χ0) is 22.8. The van der Waals surface area contributed by atoms with Crippen LogP contribution in [0.2, 0.25) is 0 Å². The lowest BCUT2D eigenvalue weighted by atomic mass is 9.98. The number of piperidine rings is 1. The van der Waals surface area contributed by atoms with Crippen molar-refractivity contribution in [3.05, 3.63) is 83.6 Å². The second-order valence-corrected chi connectivity index (χ2v) is 9.79. The maximum atomic E-state index is 13.3. The Morgan fingerprint density at radius 1 is 1.09 bits per heavy atom. The van der Waals surface area contributed by atoms with Gasteiger partial charge in [0.1, 0.15) is 0 Å². The molecule has 0 N–H and O–H groups in total. The van der Waals surface area contributed by atoms with Gasteiger partial charge < -0.3 is 9.47 Å². The molecular formula is C29H35N3O. The van der Waals surface area contributed by atoms with E-state index in [1.807, 2.05) is 17.0 Å². The van der Waals surface area contributed by atoms with E-state index < -0.39 is 0 Å². The maximum Gasteiger partial charge on any atom is 0.253 e. The fraction of sp³-hybridized carbons (Fsp3) is 0.414. The molecule has 4 nitrogen and oxygen atoms in total. The van der Waals surface area contributed by atoms with Crippen LogP contribution in [0.5, 0.6) is 0 Å². The molecule has 5 rings (SSSR count). The van der Waals surface area contributed by atoms with Gasteiger partial charge in [-0.15, -0.1) is 6.58 Å². The van der Waals surface area contributed by atoms with Gasteiger partial charge >= 0.3 is 0 Å². The van der Waals surface area contributed by atoms with Gasteiger partial charge in [-0.25, -0.2) is 0 Å². The van der Waals surface area contributed by atoms with E-state index in [1.54, 1.807) is 0 Å². The Balaban J connectivity index is 1.42. The molecule has 0 aliphatic carbocycles. The number of hydrogen-bond acceptors (Lipinski definition) is 2. The van der Waals surface area contributed by atoms with Gasteiger partial charge in [-0.1, -0.05) is 43.3 Å². The summed E-state index contributed by atoms with van der Waals surface area (Å²) in [7, 11) is 0. The van der Waals surface area contributed by atoms with Crippen LogP contribution in [0.25, 0.3) is 10.9 Å². The summed E-state index contributed by atoms with van der Waals surface area (Å²) in [5, 5.41) is 1.24. The normalized spacial score (nSPS) is 17.3. The molecule has 0 radical (unpaired) electrons. The Hall–Kier alpha value is -2.85. The van der Waals surface area contributed by atoms with Crippen LogP contribution in [-0.2, 0) is 25.9 Å². The third-order valence-corrected chi connectivity index (χ3v) is 7.52. The summed E-state index contributed by atoms with van der Waals surface area (Å²) in [6.45, 7) is 11.9. The topological polar surface area (TPSA) is 28.5 Å². The van der Waals surface area contributed by atoms with Crippen LogP contribution in [0.4, 0.5) is 0 Å². The molecule has 2 aliphatic heterocycles. The number of hydrogen-bond donors (Lipinski definition) is 0. The van der Waals surface area contributed by atoms with Crippen LogP contribution in [0.1, 0.15) is 46.9 Å². The standard InChI is InChI=1S/C29H35N3O/c1-3-15-32-27-10-9-24(29(33)31-18-11-22(2)12-19-31)20-25(27)26-21-30(17-14-28(26)32)16-13-23-7-5-4-6-8-23/h3-10,20,22H,1,11-19,21H2,2H3. The second kappa shape index (κ2) is 9.56. The fourth-order valence-corrected chi connectivity index (χ4v) is 5.49. The predicted molar refractivity (Wildman–Crippen MR) is 136 cm³/mol. The molecule has 0 atom stereocenters. The smallest absolute Gasteiger partial charge is 0.253 e. The molecule has 1 aromatic heterocycles. The van der Waals surface area contributed by atoms with Crippen LogP contribution in [0.15, 0.2) is 61.2 Å². The second-order valence-electron chi connectivity index (χ2n) is 9.79. The lowest BCUT2D eigenvalue weighted by Crippen LogP contribution is -2.37. The van der Waals surface area contributed by atoms with Crippen molar-refractivity contribution in [2.24, 2.45) is 5.92 Å². The van der Waals surface area contributed by atoms with Gasteiger partial charge in [0, 0.05) is 67.8 Å². The molecule has 0 bridgehead atoms. The SMILES string of the molecule is C=CCn1c2c(c3cc(C(=O)N4CCC(C)CC4)ccc31)CN(CCc1ccccc1)CC2. The van der Waals surface area contributed by atoms with E-state index in [-0.39, 0.29) is 5.91 Å². The largest absolute Gasteiger partial charge is 0.340 e. The molecule has 1 amide bonds. The fourth-order valence-electron chi connectivity index (χ4n) is 5.49. The average molecular weight is 442 g/mol. The summed E-state index contributed by atoms with van der Waals surface area (Å²) in [6, 6.07) is 17.1. The zero-order valence-corrected chi connectivity index (χ0v) is 19.8. The lowest BCUT2D eigenvalue weighted by Gasteiger charge is -2.30. The number of carbonyl (C=O) groups excluding carboxylic acids is 1. The van der Waals surface area contributed by atoms with Crippen LogP contribution in [0, 0.1) is 5.92 Å². The molecule has 0 saturated carbocycles. The number of aromatic nitrogens is 1. The maximum absolute atomic E-state index is 13.3. The van der Waals surface area contributed by atoms with Crippen LogP contribution in [0.3, 0.4) is 0 Å². The van der Waals surface area contributed by atoms with E-state index >= 15 is 0 Å². The molecule has 33 heavy (non-hydrogen) atoms. The molecule has 1 fully saturated rings. The van der Waals surface area contributed by atoms with E-state index in [9.17, 15) is 4.79 Å². The molecular weight excluding hydrogens is 406 g/mol. The van der Waals surface area contributed by atoms with Gasteiger partial charge in [-0.2, -0.15) is 0 Å². The molecule has 4 heteroatoms. The number of allylic oxidation sites excluding steroid dienone is 1. The number of amides is 1. The molecule has 3 heterocycles.